The van der Waals surface area contributed by atoms with E-state index in [0.717, 1.165) is 33.7 Å². The van der Waals surface area contributed by atoms with Gasteiger partial charge in [0, 0.05) is 33.4 Å². The molecule has 0 bridgehead atoms. The van der Waals surface area contributed by atoms with Gasteiger partial charge in [-0.05, 0) is 64.4 Å². The molecule has 1 aliphatic rings. The van der Waals surface area contributed by atoms with Crippen LogP contribution in [0.5, 0.6) is 0 Å². The molecule has 10 aromatic rings. The minimum Gasteiger partial charge on any atom is -0.624 e. The number of nitrogens with one attached hydrogen (secondary N) is 3. The molecule has 1 saturated heterocycles. The fourth-order valence-electron chi connectivity index (χ4n) is 8.51. The first-order valence-electron chi connectivity index (χ1n) is 18.2. The van der Waals surface area contributed by atoms with Crippen LogP contribution in [0.3, 0.4) is 0 Å². The van der Waals surface area contributed by atoms with Crippen LogP contribution in [0.4, 0.5) is 0 Å². The van der Waals surface area contributed by atoms with E-state index in [1.807, 2.05) is 0 Å². The molecule has 3 N–H and O–H groups in total. The molecule has 0 radical (unpaired) electrons. The number of nitrogens with zero attached hydrogens (tertiary/aromatic N) is 3. The minimum atomic E-state index is -0.254. The molecule has 3 aromatic heterocycles. The number of aromatic amines is 1. The van der Waals surface area contributed by atoms with Crippen LogP contribution < -0.4 is 10.6 Å². The maximum absolute atomic E-state index is 5.35. The Balaban J connectivity index is 1.07. The van der Waals surface area contributed by atoms with Gasteiger partial charge in [-0.2, -0.15) is 0 Å². The zero-order chi connectivity index (χ0) is 34.9. The average molecular weight is 684 g/mol. The summed E-state index contributed by atoms with van der Waals surface area (Å²) < 4.78 is 4.76. The summed E-state index contributed by atoms with van der Waals surface area (Å²) in [5, 5.41) is 20.4. The minimum absolute atomic E-state index is 0.117. The van der Waals surface area contributed by atoms with Gasteiger partial charge in [0.1, 0.15) is 5.82 Å². The highest BCUT2D eigenvalue weighted by Crippen LogP contribution is 2.42. The third kappa shape index (κ3) is 4.85. The Kier molecular flexibility index (Phi) is 6.88. The molecule has 1 fully saturated rings. The largest absolute Gasteiger partial charge is 0.624 e. The van der Waals surface area contributed by atoms with Gasteiger partial charge in [-0.15, -0.1) is 0 Å². The van der Waals surface area contributed by atoms with Crippen molar-refractivity contribution < 1.29 is 0 Å². The lowest BCUT2D eigenvalue weighted by atomic mass is 10.00. The van der Waals surface area contributed by atoms with Crippen molar-refractivity contribution in [2.75, 3.05) is 0 Å². The van der Waals surface area contributed by atoms with Crippen molar-refractivity contribution in [2.45, 2.75) is 18.5 Å². The molecule has 11 rings (SSSR count). The molecule has 0 saturated carbocycles. The van der Waals surface area contributed by atoms with Crippen LogP contribution in [0, 0.1) is 0 Å². The van der Waals surface area contributed by atoms with Gasteiger partial charge in [-0.1, -0.05) is 145 Å². The molecule has 1 aliphatic heterocycles. The molecule has 7 aromatic carbocycles. The summed E-state index contributed by atoms with van der Waals surface area (Å²) in [7, 11) is 0. The maximum atomic E-state index is 5.35. The fraction of sp³-hybridized carbons (Fsp3) is 0.0638. The third-order valence-electron chi connectivity index (χ3n) is 10.9. The van der Waals surface area contributed by atoms with Gasteiger partial charge in [-0.3, -0.25) is 4.57 Å². The predicted octanol–water partition coefficient (Wildman–Crippen LogP) is 11.3. The second-order valence-electron chi connectivity index (χ2n) is 13.9. The summed E-state index contributed by atoms with van der Waals surface area (Å²) in [5.41, 5.74) is 9.27. The van der Waals surface area contributed by atoms with E-state index >= 15 is 0 Å². The Labute approximate surface area is 306 Å². The fourth-order valence-corrected chi connectivity index (χ4v) is 8.51. The van der Waals surface area contributed by atoms with Gasteiger partial charge < -0.3 is 25.5 Å². The molecule has 3 atom stereocenters. The Morgan fingerprint density at radius 3 is 1.77 bits per heavy atom. The molecule has 3 unspecified atom stereocenters. The Bertz CT molecular complexity index is 2950. The van der Waals surface area contributed by atoms with Crippen LogP contribution in [0.15, 0.2) is 176 Å². The van der Waals surface area contributed by atoms with E-state index in [4.69, 9.17) is 5.32 Å². The highest BCUT2D eigenvalue weighted by Gasteiger charge is 2.25. The van der Waals surface area contributed by atoms with Crippen molar-refractivity contribution >= 4 is 54.4 Å². The molecule has 53 heavy (non-hydrogen) atoms. The zero-order valence-electron chi connectivity index (χ0n) is 28.8. The van der Waals surface area contributed by atoms with Crippen molar-refractivity contribution in [1.82, 2.24) is 24.8 Å². The number of hydrogen-bond acceptors (Lipinski definition) is 2. The summed E-state index contributed by atoms with van der Waals surface area (Å²) in [6, 6.07) is 60.8. The number of para-hydroxylation sites is 3. The van der Waals surface area contributed by atoms with E-state index in [1.165, 1.54) is 48.9 Å². The molecule has 6 heteroatoms. The van der Waals surface area contributed by atoms with E-state index in [-0.39, 0.29) is 18.5 Å². The van der Waals surface area contributed by atoms with E-state index < -0.39 is 0 Å². The summed E-state index contributed by atoms with van der Waals surface area (Å²) in [6.07, 6.45) is 1.56. The normalized spacial score (nSPS) is 17.8. The number of aromatic nitrogens is 3. The average Bonchev–Trinajstić information content (AvgIpc) is 3.93. The number of fused-ring (bicyclic) bond motifs is 7. The first kappa shape index (κ1) is 30.2. The summed E-state index contributed by atoms with van der Waals surface area (Å²) >= 11 is 0. The van der Waals surface area contributed by atoms with Gasteiger partial charge in [0.05, 0.1) is 28.2 Å². The highest BCUT2D eigenvalue weighted by molar-refractivity contribution is 6.19. The SMILES string of the molecule is c1ccc(C2[N-]C(c3c[nH]c(-n4c5ccccc5c5cc6c7ccccc7n(-c7ccccc7)c6cc54)c3)NC(c3cccc4ccccc34)N2)cc1. The lowest BCUT2D eigenvalue weighted by Crippen LogP contribution is -2.44. The van der Waals surface area contributed by atoms with Crippen LogP contribution in [-0.2, 0) is 0 Å². The Morgan fingerprint density at radius 2 is 1.02 bits per heavy atom. The molecule has 0 aliphatic carbocycles. The van der Waals surface area contributed by atoms with E-state index in [9.17, 15) is 0 Å². The molecule has 6 nitrogen and oxygen atoms in total. The number of H-pyrrole nitrogens is 1. The number of benzene rings is 7. The van der Waals surface area contributed by atoms with Crippen LogP contribution in [0.25, 0.3) is 71.2 Å². The van der Waals surface area contributed by atoms with Crippen LogP contribution in [0.1, 0.15) is 35.2 Å². The second kappa shape index (κ2) is 12.1. The second-order valence-corrected chi connectivity index (χ2v) is 13.9. The van der Waals surface area contributed by atoms with Gasteiger partial charge in [0.2, 0.25) is 0 Å². The summed E-state index contributed by atoms with van der Waals surface area (Å²) in [6.45, 7) is 0. The standard InChI is InChI=1S/C47H35N6/c1-3-15-31(16-4-1)45-49-46(51-47(50-45)37-23-13-17-30-14-7-8-20-34(30)37)32-26-44(48-29-32)53-41-25-12-10-22-36(41)39-27-38-35-21-9-11-24-40(35)52(42(38)28-43(39)53)33-18-5-2-6-19-33/h1-29,45-48,50-51H/q-1. The molecular formula is C47H35N6-. The zero-order valence-corrected chi connectivity index (χ0v) is 28.8. The lowest BCUT2D eigenvalue weighted by molar-refractivity contribution is 0.318. The van der Waals surface area contributed by atoms with Crippen molar-refractivity contribution in [3.05, 3.63) is 198 Å². The number of rotatable bonds is 5. The van der Waals surface area contributed by atoms with E-state index in [2.05, 4.69) is 201 Å². The Morgan fingerprint density at radius 1 is 0.434 bits per heavy atom. The highest BCUT2D eigenvalue weighted by atomic mass is 15.4. The van der Waals surface area contributed by atoms with Crippen LogP contribution in [0.2, 0.25) is 0 Å². The number of hydrogen-bond donors (Lipinski definition) is 3. The molecule has 4 heterocycles. The van der Waals surface area contributed by atoms with Crippen molar-refractivity contribution in [3.63, 3.8) is 0 Å². The molecule has 0 spiro atoms. The quantitative estimate of drug-likeness (QED) is 0.169. The van der Waals surface area contributed by atoms with E-state index in [0.29, 0.717) is 0 Å². The molecular weight excluding hydrogens is 649 g/mol. The summed E-state index contributed by atoms with van der Waals surface area (Å²) in [4.78, 5) is 3.69. The third-order valence-corrected chi connectivity index (χ3v) is 10.9. The smallest absolute Gasteiger partial charge is 0.115 e. The van der Waals surface area contributed by atoms with Crippen molar-refractivity contribution in [1.29, 1.82) is 0 Å². The van der Waals surface area contributed by atoms with Crippen LogP contribution in [-0.4, -0.2) is 14.1 Å². The van der Waals surface area contributed by atoms with Crippen molar-refractivity contribution in [2.24, 2.45) is 0 Å². The van der Waals surface area contributed by atoms with Gasteiger partial charge >= 0.3 is 0 Å². The van der Waals surface area contributed by atoms with Crippen LogP contribution >= 0.6 is 0 Å². The lowest BCUT2D eigenvalue weighted by Gasteiger charge is -2.50. The first-order chi connectivity index (χ1) is 26.3. The van der Waals surface area contributed by atoms with Crippen molar-refractivity contribution in [3.8, 4) is 11.5 Å². The van der Waals surface area contributed by atoms with E-state index in [1.54, 1.807) is 0 Å². The van der Waals surface area contributed by atoms with Gasteiger partial charge in [-0.25, -0.2) is 0 Å². The maximum Gasteiger partial charge on any atom is 0.115 e. The van der Waals surface area contributed by atoms with Gasteiger partial charge in [0.25, 0.3) is 0 Å². The first-order valence-corrected chi connectivity index (χ1v) is 18.2. The summed E-state index contributed by atoms with van der Waals surface area (Å²) in [5.74, 6) is 1.00. The Hall–Kier alpha value is -6.44. The van der Waals surface area contributed by atoms with Gasteiger partial charge in [0.15, 0.2) is 0 Å². The monoisotopic (exact) mass is 683 g/mol. The topological polar surface area (TPSA) is 63.8 Å². The predicted molar refractivity (Wildman–Crippen MR) is 218 cm³/mol. The molecule has 0 amide bonds. The molecule has 254 valence electrons.